The summed E-state index contributed by atoms with van der Waals surface area (Å²) in [5.74, 6) is 2.12. The van der Waals surface area contributed by atoms with E-state index in [0.29, 0.717) is 0 Å². The third kappa shape index (κ3) is 2.04. The molecule has 1 N–H and O–H groups in total. The zero-order chi connectivity index (χ0) is 11.8. The Balaban J connectivity index is 1.87. The molecule has 0 amide bonds. The molecule has 3 heteroatoms. The van der Waals surface area contributed by atoms with Crippen molar-refractivity contribution in [3.8, 4) is 0 Å². The number of rotatable bonds is 3. The minimum absolute atomic E-state index is 0.761. The SMILES string of the molecule is CNCc1cc(C)nc(N2CC3CCC2C3)c1. The third-order valence-electron chi connectivity index (χ3n) is 4.08. The molecule has 1 aliphatic carbocycles. The summed E-state index contributed by atoms with van der Waals surface area (Å²) in [4.78, 5) is 7.24. The molecule has 2 heterocycles. The molecule has 0 radical (unpaired) electrons. The van der Waals surface area contributed by atoms with Crippen LogP contribution in [0.5, 0.6) is 0 Å². The smallest absolute Gasteiger partial charge is 0.129 e. The van der Waals surface area contributed by atoms with Gasteiger partial charge in [0.25, 0.3) is 0 Å². The molecule has 92 valence electrons. The number of hydrogen-bond acceptors (Lipinski definition) is 3. The van der Waals surface area contributed by atoms with Crippen LogP contribution in [0.3, 0.4) is 0 Å². The molecule has 2 fully saturated rings. The fourth-order valence-electron chi connectivity index (χ4n) is 3.38. The minimum atomic E-state index is 0.761. The molecule has 1 saturated heterocycles. The van der Waals surface area contributed by atoms with E-state index in [0.717, 1.165) is 24.2 Å². The number of nitrogens with zero attached hydrogens (tertiary/aromatic N) is 2. The molecule has 2 atom stereocenters. The van der Waals surface area contributed by atoms with Gasteiger partial charge < -0.3 is 10.2 Å². The zero-order valence-electron chi connectivity index (χ0n) is 10.7. The highest BCUT2D eigenvalue weighted by atomic mass is 15.2. The molecular formula is C14H21N3. The lowest BCUT2D eigenvalue weighted by Crippen LogP contribution is -2.32. The second-order valence-corrected chi connectivity index (χ2v) is 5.49. The summed E-state index contributed by atoms with van der Waals surface area (Å²) in [6.45, 7) is 4.25. The Kier molecular flexibility index (Phi) is 2.79. The Morgan fingerprint density at radius 3 is 2.94 bits per heavy atom. The van der Waals surface area contributed by atoms with Gasteiger partial charge in [0.1, 0.15) is 5.82 Å². The average molecular weight is 231 g/mol. The molecule has 3 nitrogen and oxygen atoms in total. The van der Waals surface area contributed by atoms with Gasteiger partial charge in [-0.05, 0) is 56.8 Å². The van der Waals surface area contributed by atoms with Gasteiger partial charge in [-0.1, -0.05) is 0 Å². The van der Waals surface area contributed by atoms with Crippen LogP contribution in [0.25, 0.3) is 0 Å². The zero-order valence-corrected chi connectivity index (χ0v) is 10.7. The summed E-state index contributed by atoms with van der Waals surface area (Å²) in [5, 5.41) is 3.22. The van der Waals surface area contributed by atoms with Crippen LogP contribution in [0.2, 0.25) is 0 Å². The summed E-state index contributed by atoms with van der Waals surface area (Å²) < 4.78 is 0. The number of nitrogens with one attached hydrogen (secondary N) is 1. The topological polar surface area (TPSA) is 28.2 Å². The van der Waals surface area contributed by atoms with Gasteiger partial charge in [0.15, 0.2) is 0 Å². The van der Waals surface area contributed by atoms with Crippen molar-refractivity contribution in [2.45, 2.75) is 38.8 Å². The monoisotopic (exact) mass is 231 g/mol. The van der Waals surface area contributed by atoms with Crippen molar-refractivity contribution in [2.24, 2.45) is 5.92 Å². The Morgan fingerprint density at radius 2 is 2.29 bits per heavy atom. The summed E-state index contributed by atoms with van der Waals surface area (Å²) in [6, 6.07) is 5.19. The number of aromatic nitrogens is 1. The first kappa shape index (κ1) is 11.0. The lowest BCUT2D eigenvalue weighted by atomic mass is 10.1. The largest absolute Gasteiger partial charge is 0.353 e. The first-order valence-electron chi connectivity index (χ1n) is 6.65. The van der Waals surface area contributed by atoms with Crippen molar-refractivity contribution >= 4 is 5.82 Å². The summed E-state index contributed by atoms with van der Waals surface area (Å²) in [7, 11) is 1.99. The molecule has 1 saturated carbocycles. The van der Waals surface area contributed by atoms with Crippen LogP contribution in [0.4, 0.5) is 5.82 Å². The minimum Gasteiger partial charge on any atom is -0.353 e. The van der Waals surface area contributed by atoms with E-state index >= 15 is 0 Å². The van der Waals surface area contributed by atoms with Crippen molar-refractivity contribution in [1.82, 2.24) is 10.3 Å². The molecule has 3 rings (SSSR count). The summed E-state index contributed by atoms with van der Waals surface area (Å²) >= 11 is 0. The molecule has 0 aromatic carbocycles. The van der Waals surface area contributed by atoms with Gasteiger partial charge in [0.05, 0.1) is 0 Å². The molecule has 17 heavy (non-hydrogen) atoms. The van der Waals surface area contributed by atoms with Gasteiger partial charge in [-0.15, -0.1) is 0 Å². The van der Waals surface area contributed by atoms with E-state index in [2.05, 4.69) is 29.3 Å². The highest BCUT2D eigenvalue weighted by Crippen LogP contribution is 2.39. The van der Waals surface area contributed by atoms with Gasteiger partial charge in [-0.25, -0.2) is 4.98 Å². The molecule has 2 unspecified atom stereocenters. The predicted molar refractivity (Wildman–Crippen MR) is 70.2 cm³/mol. The molecule has 1 aromatic rings. The summed E-state index contributed by atoms with van der Waals surface area (Å²) in [5.41, 5.74) is 2.48. The Morgan fingerprint density at radius 1 is 1.41 bits per heavy atom. The van der Waals surface area contributed by atoms with Gasteiger partial charge in [-0.3, -0.25) is 0 Å². The van der Waals surface area contributed by atoms with E-state index < -0.39 is 0 Å². The normalized spacial score (nSPS) is 26.8. The first-order chi connectivity index (χ1) is 8.26. The van der Waals surface area contributed by atoms with Crippen molar-refractivity contribution < 1.29 is 0 Å². The highest BCUT2D eigenvalue weighted by molar-refractivity contribution is 5.45. The Hall–Kier alpha value is -1.09. The number of pyridine rings is 1. The lowest BCUT2D eigenvalue weighted by Gasteiger charge is -2.28. The summed E-state index contributed by atoms with van der Waals surface area (Å²) in [6.07, 6.45) is 4.18. The van der Waals surface area contributed by atoms with Crippen LogP contribution in [-0.4, -0.2) is 24.6 Å². The number of anilines is 1. The average Bonchev–Trinajstić information content (AvgIpc) is 2.90. The van der Waals surface area contributed by atoms with Crippen LogP contribution in [0.1, 0.15) is 30.5 Å². The maximum absolute atomic E-state index is 4.71. The van der Waals surface area contributed by atoms with Crippen molar-refractivity contribution in [3.05, 3.63) is 23.4 Å². The van der Waals surface area contributed by atoms with Crippen molar-refractivity contribution in [1.29, 1.82) is 0 Å². The van der Waals surface area contributed by atoms with Crippen molar-refractivity contribution in [3.63, 3.8) is 0 Å². The lowest BCUT2D eigenvalue weighted by molar-refractivity contribution is 0.550. The van der Waals surface area contributed by atoms with Crippen LogP contribution >= 0.6 is 0 Å². The van der Waals surface area contributed by atoms with E-state index in [1.165, 1.54) is 37.2 Å². The third-order valence-corrected chi connectivity index (χ3v) is 4.08. The van der Waals surface area contributed by atoms with Crippen LogP contribution in [-0.2, 0) is 6.54 Å². The van der Waals surface area contributed by atoms with Crippen LogP contribution in [0, 0.1) is 12.8 Å². The fourth-order valence-corrected chi connectivity index (χ4v) is 3.38. The second-order valence-electron chi connectivity index (χ2n) is 5.49. The number of hydrogen-bond donors (Lipinski definition) is 1. The van der Waals surface area contributed by atoms with E-state index in [9.17, 15) is 0 Å². The molecular weight excluding hydrogens is 210 g/mol. The van der Waals surface area contributed by atoms with Gasteiger partial charge in [0, 0.05) is 24.8 Å². The first-order valence-corrected chi connectivity index (χ1v) is 6.65. The van der Waals surface area contributed by atoms with E-state index in [1.807, 2.05) is 7.05 Å². The Labute approximate surface area is 103 Å². The maximum atomic E-state index is 4.71. The molecule has 0 spiro atoms. The standard InChI is InChI=1S/C14H21N3/c1-10-5-12(8-15-2)7-14(16-10)17-9-11-3-4-13(17)6-11/h5,7,11,13,15H,3-4,6,8-9H2,1-2H3. The number of aryl methyl sites for hydroxylation is 1. The number of piperidine rings is 1. The Bertz CT molecular complexity index is 416. The van der Waals surface area contributed by atoms with E-state index in [-0.39, 0.29) is 0 Å². The number of fused-ring (bicyclic) bond motifs is 2. The second kappa shape index (κ2) is 4.30. The van der Waals surface area contributed by atoms with Gasteiger partial charge in [-0.2, -0.15) is 0 Å². The molecule has 2 bridgehead atoms. The van der Waals surface area contributed by atoms with Crippen LogP contribution < -0.4 is 10.2 Å². The van der Waals surface area contributed by atoms with E-state index in [4.69, 9.17) is 4.98 Å². The molecule has 1 aliphatic heterocycles. The predicted octanol–water partition coefficient (Wildman–Crippen LogP) is 2.10. The van der Waals surface area contributed by atoms with Gasteiger partial charge >= 0.3 is 0 Å². The van der Waals surface area contributed by atoms with Crippen LogP contribution in [0.15, 0.2) is 12.1 Å². The van der Waals surface area contributed by atoms with Gasteiger partial charge in [0.2, 0.25) is 0 Å². The fraction of sp³-hybridized carbons (Fsp3) is 0.643. The van der Waals surface area contributed by atoms with Crippen molar-refractivity contribution in [2.75, 3.05) is 18.5 Å². The highest BCUT2D eigenvalue weighted by Gasteiger charge is 2.38. The quantitative estimate of drug-likeness (QED) is 0.863. The molecule has 1 aromatic heterocycles. The van der Waals surface area contributed by atoms with E-state index in [1.54, 1.807) is 0 Å². The molecule has 2 aliphatic rings. The maximum Gasteiger partial charge on any atom is 0.129 e.